The fraction of sp³-hybridized carbons (Fsp3) is 0.956. The van der Waals surface area contributed by atoms with Crippen LogP contribution >= 0.6 is 15.6 Å². The van der Waals surface area contributed by atoms with E-state index in [-0.39, 0.29) is 25.7 Å². The number of hydrogen-bond donors (Lipinski definition) is 3. The van der Waals surface area contributed by atoms with E-state index in [2.05, 4.69) is 48.5 Å². The Morgan fingerprint density at radius 2 is 0.418 bits per heavy atom. The van der Waals surface area contributed by atoms with Crippen LogP contribution in [0.5, 0.6) is 0 Å². The van der Waals surface area contributed by atoms with E-state index in [4.69, 9.17) is 37.0 Å². The van der Waals surface area contributed by atoms with Crippen LogP contribution < -0.4 is 0 Å². The molecule has 19 heteroatoms. The van der Waals surface area contributed by atoms with Crippen LogP contribution in [0.25, 0.3) is 0 Å². The van der Waals surface area contributed by atoms with Crippen LogP contribution in [0.3, 0.4) is 0 Å². The van der Waals surface area contributed by atoms with E-state index in [0.29, 0.717) is 25.7 Å². The normalized spacial score (nSPS) is 13.8. The van der Waals surface area contributed by atoms with Gasteiger partial charge in [-0.05, 0) is 43.4 Å². The Kier molecular flexibility index (Phi) is 79.4. The number of carbonyl (C=O) groups excluding carboxylic acids is 4. The van der Waals surface area contributed by atoms with Crippen molar-refractivity contribution in [3.8, 4) is 0 Å². The molecule has 0 rings (SSSR count). The van der Waals surface area contributed by atoms with Crippen molar-refractivity contribution in [1.29, 1.82) is 0 Å². The predicted octanol–water partition coefficient (Wildman–Crippen LogP) is 28.0. The molecule has 0 aliphatic carbocycles. The Labute approximate surface area is 677 Å². The summed E-state index contributed by atoms with van der Waals surface area (Å²) < 4.78 is 69.0. The van der Waals surface area contributed by atoms with Gasteiger partial charge in [0.1, 0.15) is 19.3 Å². The number of phosphoric acid groups is 2. The highest BCUT2D eigenvalue weighted by molar-refractivity contribution is 7.47. The molecule has 0 heterocycles. The summed E-state index contributed by atoms with van der Waals surface area (Å²) in [5.41, 5.74) is 0. The summed E-state index contributed by atoms with van der Waals surface area (Å²) in [4.78, 5) is 73.3. The molecule has 5 atom stereocenters. The molecule has 0 saturated heterocycles. The molecule has 0 aromatic rings. The third kappa shape index (κ3) is 84.0. The third-order valence-electron chi connectivity index (χ3n) is 21.4. The number of carbonyl (C=O) groups is 4. The number of hydrogen-bond acceptors (Lipinski definition) is 15. The van der Waals surface area contributed by atoms with Crippen molar-refractivity contribution in [2.24, 2.45) is 17.8 Å². The molecule has 0 amide bonds. The van der Waals surface area contributed by atoms with Crippen molar-refractivity contribution in [3.63, 3.8) is 0 Å². The summed E-state index contributed by atoms with van der Waals surface area (Å²) in [5.74, 6) is 0.354. The monoisotopic (exact) mass is 1610 g/mol. The first-order valence-electron chi connectivity index (χ1n) is 46.8. The standard InChI is InChI=1S/C91H178O17P2/c1-8-9-10-11-12-41-51-58-65-72-88(93)101-78-86(107-90(95)74-68-61-54-47-40-34-28-22-21-25-31-37-44-50-57-64-71-84(6)7)80-105-109(97,98)103-76-85(92)77-104-110(99,100)106-81-87(108-91(96)75-67-60-53-46-39-33-27-20-16-14-18-24-30-36-43-49-56-63-70-83(4)5)79-102-89(94)73-66-59-52-45-38-32-26-19-15-13-17-23-29-35-42-48-55-62-69-82(2)3/h82-87,92H,8-81H2,1-7H3,(H,97,98)(H,99,100)/t85-,86+,87+/m0/s1. The third-order valence-corrected chi connectivity index (χ3v) is 23.3. The van der Waals surface area contributed by atoms with Gasteiger partial charge in [-0.2, -0.15) is 0 Å². The van der Waals surface area contributed by atoms with Crippen LogP contribution in [-0.2, 0) is 65.4 Å². The zero-order valence-corrected chi connectivity index (χ0v) is 74.5. The Morgan fingerprint density at radius 3 is 0.618 bits per heavy atom. The molecular formula is C91H178O17P2. The highest BCUT2D eigenvalue weighted by Crippen LogP contribution is 2.45. The summed E-state index contributed by atoms with van der Waals surface area (Å²) >= 11 is 0. The first kappa shape index (κ1) is 108. The van der Waals surface area contributed by atoms with Crippen molar-refractivity contribution in [1.82, 2.24) is 0 Å². The van der Waals surface area contributed by atoms with Crippen molar-refractivity contribution in [3.05, 3.63) is 0 Å². The maximum atomic E-state index is 13.2. The van der Waals surface area contributed by atoms with E-state index in [1.807, 2.05) is 0 Å². The van der Waals surface area contributed by atoms with E-state index in [1.165, 1.54) is 295 Å². The molecule has 0 spiro atoms. The summed E-state index contributed by atoms with van der Waals surface area (Å²) in [6.07, 6.45) is 73.7. The SMILES string of the molecule is CCCCCCCCCCCC(=O)OC[C@H](COP(=O)(O)OC[C@H](O)COP(=O)(O)OC[C@@H](COC(=O)CCCCCCCCCCCCCCCCCCCCC(C)C)OC(=O)CCCCCCCCCCCCCCCCCCCCC(C)C)OC(=O)CCCCCCCCCCCCCCCCCCC(C)C. The first-order valence-corrected chi connectivity index (χ1v) is 49.8. The van der Waals surface area contributed by atoms with Crippen LogP contribution in [0.2, 0.25) is 0 Å². The molecule has 0 aliphatic heterocycles. The van der Waals surface area contributed by atoms with E-state index in [9.17, 15) is 43.2 Å². The number of rotatable bonds is 89. The van der Waals surface area contributed by atoms with Gasteiger partial charge in [-0.1, -0.05) is 434 Å². The van der Waals surface area contributed by atoms with Crippen LogP contribution in [-0.4, -0.2) is 96.7 Å². The van der Waals surface area contributed by atoms with Gasteiger partial charge in [-0.3, -0.25) is 37.3 Å². The van der Waals surface area contributed by atoms with Gasteiger partial charge in [0.2, 0.25) is 0 Å². The zero-order chi connectivity index (χ0) is 80.8. The average molecular weight is 1610 g/mol. The predicted molar refractivity (Wildman–Crippen MR) is 455 cm³/mol. The lowest BCUT2D eigenvalue weighted by Gasteiger charge is -2.21. The Morgan fingerprint density at radius 1 is 0.245 bits per heavy atom. The molecular weight excluding hydrogens is 1430 g/mol. The second-order valence-corrected chi connectivity index (χ2v) is 37.0. The molecule has 0 aromatic carbocycles. The Bertz CT molecular complexity index is 2110. The average Bonchev–Trinajstić information content (AvgIpc) is 0.897. The summed E-state index contributed by atoms with van der Waals surface area (Å²) in [6.45, 7) is 12.1. The summed E-state index contributed by atoms with van der Waals surface area (Å²) in [5, 5.41) is 10.7. The summed E-state index contributed by atoms with van der Waals surface area (Å²) in [7, 11) is -9.93. The van der Waals surface area contributed by atoms with Crippen LogP contribution in [0.1, 0.15) is 485 Å². The number of unbranched alkanes of at least 4 members (excludes halogenated alkanes) is 57. The fourth-order valence-electron chi connectivity index (χ4n) is 14.3. The largest absolute Gasteiger partial charge is 0.472 e. The number of ether oxygens (including phenoxy) is 4. The van der Waals surface area contributed by atoms with Crippen molar-refractivity contribution < 1.29 is 80.2 Å². The van der Waals surface area contributed by atoms with E-state index >= 15 is 0 Å². The molecule has 0 fully saturated rings. The van der Waals surface area contributed by atoms with Crippen molar-refractivity contribution in [2.45, 2.75) is 503 Å². The number of aliphatic hydroxyl groups is 1. The van der Waals surface area contributed by atoms with Crippen LogP contribution in [0, 0.1) is 17.8 Å². The number of aliphatic hydroxyl groups excluding tert-OH is 1. The maximum absolute atomic E-state index is 13.2. The minimum Gasteiger partial charge on any atom is -0.462 e. The van der Waals surface area contributed by atoms with Crippen molar-refractivity contribution >= 4 is 39.5 Å². The number of esters is 4. The molecule has 0 saturated carbocycles. The molecule has 654 valence electrons. The lowest BCUT2D eigenvalue weighted by atomic mass is 10.0. The smallest absolute Gasteiger partial charge is 0.462 e. The zero-order valence-electron chi connectivity index (χ0n) is 72.7. The van der Waals surface area contributed by atoms with E-state index in [0.717, 1.165) is 108 Å². The summed E-state index contributed by atoms with van der Waals surface area (Å²) in [6, 6.07) is 0. The second-order valence-electron chi connectivity index (χ2n) is 34.1. The van der Waals surface area contributed by atoms with Crippen LogP contribution in [0.4, 0.5) is 0 Å². The van der Waals surface area contributed by atoms with Crippen LogP contribution in [0.15, 0.2) is 0 Å². The van der Waals surface area contributed by atoms with Crippen molar-refractivity contribution in [2.75, 3.05) is 39.6 Å². The molecule has 0 aromatic heterocycles. The minimum atomic E-state index is -4.97. The maximum Gasteiger partial charge on any atom is 0.472 e. The molecule has 0 aliphatic rings. The number of phosphoric ester groups is 2. The van der Waals surface area contributed by atoms with E-state index in [1.54, 1.807) is 0 Å². The highest BCUT2D eigenvalue weighted by Gasteiger charge is 2.31. The molecule has 3 N–H and O–H groups in total. The second kappa shape index (κ2) is 80.8. The molecule has 0 bridgehead atoms. The molecule has 17 nitrogen and oxygen atoms in total. The lowest BCUT2D eigenvalue weighted by Crippen LogP contribution is -2.30. The fourth-order valence-corrected chi connectivity index (χ4v) is 15.8. The van der Waals surface area contributed by atoms with Gasteiger partial charge in [0, 0.05) is 25.7 Å². The van der Waals surface area contributed by atoms with Gasteiger partial charge >= 0.3 is 39.5 Å². The highest BCUT2D eigenvalue weighted by atomic mass is 31.2. The van der Waals surface area contributed by atoms with E-state index < -0.39 is 97.5 Å². The molecule has 2 unspecified atom stereocenters. The van der Waals surface area contributed by atoms with Gasteiger partial charge in [0.05, 0.1) is 26.4 Å². The van der Waals surface area contributed by atoms with Gasteiger partial charge in [-0.15, -0.1) is 0 Å². The lowest BCUT2D eigenvalue weighted by molar-refractivity contribution is -0.161. The van der Waals surface area contributed by atoms with Gasteiger partial charge in [-0.25, -0.2) is 9.13 Å². The quantitative estimate of drug-likeness (QED) is 0.0222. The Balaban J connectivity index is 5.19. The van der Waals surface area contributed by atoms with Gasteiger partial charge in [0.25, 0.3) is 0 Å². The van der Waals surface area contributed by atoms with Gasteiger partial charge in [0.15, 0.2) is 12.2 Å². The minimum absolute atomic E-state index is 0.108. The molecule has 0 radical (unpaired) electrons. The topological polar surface area (TPSA) is 237 Å². The van der Waals surface area contributed by atoms with Gasteiger partial charge < -0.3 is 33.8 Å². The Hall–Kier alpha value is -1.94. The first-order chi connectivity index (χ1) is 53.2. The molecule has 110 heavy (non-hydrogen) atoms.